The van der Waals surface area contributed by atoms with Crippen molar-refractivity contribution in [1.29, 1.82) is 0 Å². The van der Waals surface area contributed by atoms with E-state index in [0.29, 0.717) is 13.0 Å². The highest BCUT2D eigenvalue weighted by atomic mass is 19.3. The van der Waals surface area contributed by atoms with Gasteiger partial charge in [-0.25, -0.2) is 9.18 Å². The maximum Gasteiger partial charge on any atom is 0.387 e. The zero-order valence-electron chi connectivity index (χ0n) is 13.6. The lowest BCUT2D eigenvalue weighted by Gasteiger charge is -2.08. The van der Waals surface area contributed by atoms with Gasteiger partial charge < -0.3 is 14.8 Å². The summed E-state index contributed by atoms with van der Waals surface area (Å²) in [5, 5.41) is 2.57. The predicted molar refractivity (Wildman–Crippen MR) is 86.5 cm³/mol. The van der Waals surface area contributed by atoms with E-state index in [4.69, 9.17) is 4.74 Å². The maximum atomic E-state index is 12.8. The topological polar surface area (TPSA) is 64.6 Å². The van der Waals surface area contributed by atoms with Crippen molar-refractivity contribution in [2.45, 2.75) is 13.0 Å². The van der Waals surface area contributed by atoms with Crippen LogP contribution in [0.3, 0.4) is 0 Å². The Labute approximate surface area is 147 Å². The fourth-order valence-corrected chi connectivity index (χ4v) is 2.04. The number of amides is 1. The average Bonchev–Trinajstić information content (AvgIpc) is 2.61. The molecule has 0 unspecified atom stereocenters. The number of benzene rings is 2. The molecule has 0 aliphatic rings. The van der Waals surface area contributed by atoms with E-state index in [9.17, 15) is 22.8 Å². The van der Waals surface area contributed by atoms with Crippen molar-refractivity contribution >= 4 is 11.9 Å². The number of halogens is 3. The number of alkyl halides is 2. The van der Waals surface area contributed by atoms with Crippen LogP contribution < -0.4 is 10.1 Å². The van der Waals surface area contributed by atoms with Gasteiger partial charge in [0.05, 0.1) is 5.56 Å². The molecule has 0 saturated heterocycles. The third kappa shape index (κ3) is 6.46. The Balaban J connectivity index is 1.70. The molecule has 1 N–H and O–H groups in total. The molecule has 0 radical (unpaired) electrons. The molecule has 138 valence electrons. The zero-order chi connectivity index (χ0) is 18.9. The number of ether oxygens (including phenoxy) is 2. The number of carbonyl (C=O) groups excluding carboxylic acids is 2. The standard InChI is InChI=1S/C18H16F3NO4/c19-14-5-1-12(2-6-14)9-10-22-16(23)11-25-17(24)13-3-7-15(8-4-13)26-18(20)21/h1-8,18H,9-11H2,(H,22,23). The average molecular weight is 367 g/mol. The van der Waals surface area contributed by atoms with Gasteiger partial charge in [0, 0.05) is 6.54 Å². The van der Waals surface area contributed by atoms with Crippen LogP contribution in [0.5, 0.6) is 5.75 Å². The van der Waals surface area contributed by atoms with Crippen LogP contribution in [0.2, 0.25) is 0 Å². The molecule has 26 heavy (non-hydrogen) atoms. The largest absolute Gasteiger partial charge is 0.452 e. The second-order valence-electron chi connectivity index (χ2n) is 5.21. The molecule has 1 amide bonds. The second kappa shape index (κ2) is 9.45. The van der Waals surface area contributed by atoms with Crippen molar-refractivity contribution in [1.82, 2.24) is 5.32 Å². The van der Waals surface area contributed by atoms with Gasteiger partial charge in [-0.15, -0.1) is 0 Å². The number of esters is 1. The van der Waals surface area contributed by atoms with Gasteiger partial charge in [0.1, 0.15) is 11.6 Å². The molecule has 0 aromatic heterocycles. The first-order valence-electron chi connectivity index (χ1n) is 7.67. The van der Waals surface area contributed by atoms with E-state index < -0.39 is 25.1 Å². The summed E-state index contributed by atoms with van der Waals surface area (Å²) in [6.07, 6.45) is 0.506. The Morgan fingerprint density at radius 1 is 1.00 bits per heavy atom. The van der Waals surface area contributed by atoms with E-state index in [1.54, 1.807) is 12.1 Å². The summed E-state index contributed by atoms with van der Waals surface area (Å²) in [6.45, 7) is -3.12. The monoisotopic (exact) mass is 367 g/mol. The molecule has 2 rings (SSSR count). The van der Waals surface area contributed by atoms with Crippen molar-refractivity contribution in [2.75, 3.05) is 13.2 Å². The first-order valence-corrected chi connectivity index (χ1v) is 7.67. The van der Waals surface area contributed by atoms with Crippen molar-refractivity contribution in [3.8, 4) is 5.75 Å². The lowest BCUT2D eigenvalue weighted by molar-refractivity contribution is -0.124. The first-order chi connectivity index (χ1) is 12.4. The number of nitrogens with one attached hydrogen (secondary N) is 1. The Morgan fingerprint density at radius 3 is 2.27 bits per heavy atom. The van der Waals surface area contributed by atoms with Gasteiger partial charge in [0.25, 0.3) is 5.91 Å². The molecule has 0 aliphatic heterocycles. The predicted octanol–water partition coefficient (Wildman–Crippen LogP) is 2.94. The van der Waals surface area contributed by atoms with Gasteiger partial charge in [0.15, 0.2) is 6.61 Å². The molecule has 2 aromatic carbocycles. The van der Waals surface area contributed by atoms with Crippen LogP contribution in [0.25, 0.3) is 0 Å². The quantitative estimate of drug-likeness (QED) is 0.729. The Hall–Kier alpha value is -3.03. The lowest BCUT2D eigenvalue weighted by atomic mass is 10.1. The zero-order valence-corrected chi connectivity index (χ0v) is 13.6. The van der Waals surface area contributed by atoms with Crippen LogP contribution in [-0.2, 0) is 16.0 Å². The van der Waals surface area contributed by atoms with Gasteiger partial charge in [0.2, 0.25) is 0 Å². The normalized spacial score (nSPS) is 10.5. The molecule has 2 aromatic rings. The Kier molecular flexibility index (Phi) is 7.02. The third-order valence-electron chi connectivity index (χ3n) is 3.30. The molecule has 5 nitrogen and oxygen atoms in total. The number of hydrogen-bond acceptors (Lipinski definition) is 4. The number of hydrogen-bond donors (Lipinski definition) is 1. The number of rotatable bonds is 8. The fourth-order valence-electron chi connectivity index (χ4n) is 2.04. The number of carbonyl (C=O) groups is 2. The molecule has 0 spiro atoms. The smallest absolute Gasteiger partial charge is 0.387 e. The molecule has 0 atom stereocenters. The summed E-state index contributed by atoms with van der Waals surface area (Å²) in [5.74, 6) is -1.67. The maximum absolute atomic E-state index is 12.8. The van der Waals surface area contributed by atoms with E-state index in [1.165, 1.54) is 36.4 Å². The van der Waals surface area contributed by atoms with Crippen molar-refractivity contribution in [3.05, 3.63) is 65.5 Å². The summed E-state index contributed by atoms with van der Waals surface area (Å²) < 4.78 is 45.9. The molecule has 0 fully saturated rings. The summed E-state index contributed by atoms with van der Waals surface area (Å²) in [7, 11) is 0. The molecule has 8 heteroatoms. The van der Waals surface area contributed by atoms with Crippen molar-refractivity contribution in [2.24, 2.45) is 0 Å². The first kappa shape index (κ1) is 19.3. The highest BCUT2D eigenvalue weighted by Gasteiger charge is 2.11. The summed E-state index contributed by atoms with van der Waals surface area (Å²) >= 11 is 0. The highest BCUT2D eigenvalue weighted by molar-refractivity contribution is 5.91. The minimum absolute atomic E-state index is 0.0879. The highest BCUT2D eigenvalue weighted by Crippen LogP contribution is 2.15. The SMILES string of the molecule is O=C(COC(=O)c1ccc(OC(F)F)cc1)NCCc1ccc(F)cc1. The molecular weight excluding hydrogens is 351 g/mol. The van der Waals surface area contributed by atoms with Crippen molar-refractivity contribution < 1.29 is 32.2 Å². The van der Waals surface area contributed by atoms with Crippen LogP contribution in [0.4, 0.5) is 13.2 Å². The van der Waals surface area contributed by atoms with Gasteiger partial charge >= 0.3 is 12.6 Å². The van der Waals surface area contributed by atoms with Gasteiger partial charge in [-0.1, -0.05) is 12.1 Å². The Bertz CT molecular complexity index is 733. The van der Waals surface area contributed by atoms with Crippen LogP contribution in [0.1, 0.15) is 15.9 Å². The minimum atomic E-state index is -2.95. The van der Waals surface area contributed by atoms with Crippen molar-refractivity contribution in [3.63, 3.8) is 0 Å². The molecule has 0 bridgehead atoms. The van der Waals surface area contributed by atoms with E-state index in [1.807, 2.05) is 0 Å². The fraction of sp³-hybridized carbons (Fsp3) is 0.222. The summed E-state index contributed by atoms with van der Waals surface area (Å²) in [4.78, 5) is 23.4. The van der Waals surface area contributed by atoms with Gasteiger partial charge in [-0.3, -0.25) is 4.79 Å². The van der Waals surface area contributed by atoms with E-state index in [-0.39, 0.29) is 17.1 Å². The minimum Gasteiger partial charge on any atom is -0.452 e. The molecule has 0 aliphatic carbocycles. The molecular formula is C18H16F3NO4. The van der Waals surface area contributed by atoms with Crippen LogP contribution in [-0.4, -0.2) is 31.6 Å². The Morgan fingerprint density at radius 2 is 1.65 bits per heavy atom. The van der Waals surface area contributed by atoms with Crippen LogP contribution in [0.15, 0.2) is 48.5 Å². The van der Waals surface area contributed by atoms with E-state index >= 15 is 0 Å². The van der Waals surface area contributed by atoms with Gasteiger partial charge in [-0.05, 0) is 48.4 Å². The lowest BCUT2D eigenvalue weighted by Crippen LogP contribution is -2.30. The van der Waals surface area contributed by atoms with Crippen LogP contribution >= 0.6 is 0 Å². The molecule has 0 saturated carbocycles. The van der Waals surface area contributed by atoms with Crippen LogP contribution in [0, 0.1) is 5.82 Å². The van der Waals surface area contributed by atoms with E-state index in [0.717, 1.165) is 5.56 Å². The second-order valence-corrected chi connectivity index (χ2v) is 5.21. The van der Waals surface area contributed by atoms with E-state index in [2.05, 4.69) is 10.1 Å². The summed E-state index contributed by atoms with van der Waals surface area (Å²) in [6, 6.07) is 10.8. The van der Waals surface area contributed by atoms with Gasteiger partial charge in [-0.2, -0.15) is 8.78 Å². The summed E-state index contributed by atoms with van der Waals surface area (Å²) in [5.41, 5.74) is 0.959. The third-order valence-corrected chi connectivity index (χ3v) is 3.30. The molecule has 0 heterocycles.